The Bertz CT molecular complexity index is 361. The lowest BCUT2D eigenvalue weighted by atomic mass is 9.92. The number of likely N-dealkylation sites (tertiary alicyclic amines) is 1. The van der Waals surface area contributed by atoms with E-state index in [2.05, 4.69) is 26.1 Å². The van der Waals surface area contributed by atoms with Crippen LogP contribution in [-0.4, -0.2) is 53.0 Å². The molecule has 2 amide bonds. The fourth-order valence-electron chi connectivity index (χ4n) is 3.88. The molecule has 0 unspecified atom stereocenters. The Hall–Kier alpha value is -0.810. The molecule has 2 aliphatic rings. The molecule has 1 aliphatic carbocycles. The second-order valence-electron chi connectivity index (χ2n) is 7.10. The van der Waals surface area contributed by atoms with E-state index >= 15 is 0 Å². The van der Waals surface area contributed by atoms with Crippen LogP contribution in [-0.2, 0) is 4.74 Å². The Morgan fingerprint density at radius 3 is 2.59 bits per heavy atom. The Morgan fingerprint density at radius 1 is 1.36 bits per heavy atom. The molecule has 22 heavy (non-hydrogen) atoms. The molecule has 2 rings (SSSR count). The highest BCUT2D eigenvalue weighted by molar-refractivity contribution is 5.76. The molecule has 1 saturated heterocycles. The fraction of sp³-hybridized carbons (Fsp3) is 0.941. The first kappa shape index (κ1) is 17.5. The molecule has 0 spiro atoms. The van der Waals surface area contributed by atoms with E-state index in [0.717, 1.165) is 51.5 Å². The number of urea groups is 1. The second kappa shape index (κ2) is 7.64. The lowest BCUT2D eigenvalue weighted by molar-refractivity contribution is -0.0161. The minimum Gasteiger partial charge on any atom is -0.394 e. The van der Waals surface area contributed by atoms with Gasteiger partial charge in [-0.2, -0.15) is 0 Å². The highest BCUT2D eigenvalue weighted by Gasteiger charge is 2.42. The molecular weight excluding hydrogens is 280 g/mol. The van der Waals surface area contributed by atoms with Gasteiger partial charge in [0.05, 0.1) is 24.4 Å². The molecule has 1 saturated carbocycles. The van der Waals surface area contributed by atoms with Gasteiger partial charge in [-0.15, -0.1) is 0 Å². The average Bonchev–Trinajstić information content (AvgIpc) is 2.93. The summed E-state index contributed by atoms with van der Waals surface area (Å²) < 4.78 is 5.86. The largest absolute Gasteiger partial charge is 0.394 e. The van der Waals surface area contributed by atoms with Crippen LogP contribution < -0.4 is 5.32 Å². The monoisotopic (exact) mass is 312 g/mol. The van der Waals surface area contributed by atoms with Gasteiger partial charge in [-0.25, -0.2) is 4.79 Å². The van der Waals surface area contributed by atoms with Crippen molar-refractivity contribution in [1.82, 2.24) is 10.2 Å². The van der Waals surface area contributed by atoms with Crippen molar-refractivity contribution >= 4 is 6.03 Å². The maximum absolute atomic E-state index is 12.6. The zero-order valence-electron chi connectivity index (χ0n) is 14.3. The molecule has 128 valence electrons. The summed E-state index contributed by atoms with van der Waals surface area (Å²) in [5, 5.41) is 12.9. The summed E-state index contributed by atoms with van der Waals surface area (Å²) in [4.78, 5) is 14.4. The van der Waals surface area contributed by atoms with Crippen LogP contribution in [0.25, 0.3) is 0 Å². The molecule has 0 bridgehead atoms. The molecule has 1 heterocycles. The van der Waals surface area contributed by atoms with Crippen molar-refractivity contribution in [3.63, 3.8) is 0 Å². The molecule has 2 N–H and O–H groups in total. The topological polar surface area (TPSA) is 61.8 Å². The summed E-state index contributed by atoms with van der Waals surface area (Å²) in [6, 6.07) is 0.245. The fourth-order valence-corrected chi connectivity index (χ4v) is 3.88. The summed E-state index contributed by atoms with van der Waals surface area (Å²) >= 11 is 0. The molecule has 1 aliphatic heterocycles. The third kappa shape index (κ3) is 3.93. The number of rotatable bonds is 5. The number of carbonyl (C=O) groups excluding carboxylic acids is 1. The van der Waals surface area contributed by atoms with Crippen LogP contribution in [0.15, 0.2) is 0 Å². The van der Waals surface area contributed by atoms with Crippen LogP contribution >= 0.6 is 0 Å². The summed E-state index contributed by atoms with van der Waals surface area (Å²) in [7, 11) is 0. The van der Waals surface area contributed by atoms with Crippen molar-refractivity contribution in [3.05, 3.63) is 0 Å². The summed E-state index contributed by atoms with van der Waals surface area (Å²) in [6.45, 7) is 7.01. The zero-order valence-corrected chi connectivity index (χ0v) is 14.3. The van der Waals surface area contributed by atoms with E-state index in [-0.39, 0.29) is 30.3 Å². The van der Waals surface area contributed by atoms with E-state index in [1.165, 1.54) is 0 Å². The molecule has 2 fully saturated rings. The molecule has 1 atom stereocenters. The first-order valence-electron chi connectivity index (χ1n) is 8.85. The second-order valence-corrected chi connectivity index (χ2v) is 7.10. The van der Waals surface area contributed by atoms with E-state index in [1.807, 2.05) is 4.90 Å². The normalized spacial score (nSPS) is 32.5. The molecule has 0 radical (unpaired) electrons. The highest BCUT2D eigenvalue weighted by atomic mass is 16.5. The number of nitrogens with zero attached hydrogens (tertiary/aromatic N) is 1. The Labute approximate surface area is 134 Å². The minimum atomic E-state index is -0.345. The van der Waals surface area contributed by atoms with Crippen LogP contribution in [0.5, 0.6) is 0 Å². The van der Waals surface area contributed by atoms with Gasteiger partial charge in [0.25, 0.3) is 0 Å². The standard InChI is InChI=1S/C17H32N2O3/c1-4-17(12-20)10-5-11-19(17)16(21)18-14-6-8-15(9-7-14)22-13(2)3/h13-15,20H,4-12H2,1-3H3,(H,18,21)/t14?,15?,17-/m0/s1. The van der Waals surface area contributed by atoms with Gasteiger partial charge >= 0.3 is 6.03 Å². The van der Waals surface area contributed by atoms with Crippen molar-refractivity contribution < 1.29 is 14.6 Å². The molecule has 0 aromatic heterocycles. The van der Waals surface area contributed by atoms with Gasteiger partial charge in [0, 0.05) is 12.6 Å². The molecular formula is C17H32N2O3. The highest BCUT2D eigenvalue weighted by Crippen LogP contribution is 2.32. The van der Waals surface area contributed by atoms with Gasteiger partial charge in [0.1, 0.15) is 0 Å². The Kier molecular flexibility index (Phi) is 6.09. The van der Waals surface area contributed by atoms with Gasteiger partial charge in [-0.1, -0.05) is 6.92 Å². The van der Waals surface area contributed by atoms with Crippen molar-refractivity contribution in [1.29, 1.82) is 0 Å². The number of amides is 2. The van der Waals surface area contributed by atoms with E-state index in [1.54, 1.807) is 0 Å². The summed E-state index contributed by atoms with van der Waals surface area (Å²) in [5.41, 5.74) is -0.345. The number of hydrogen-bond acceptors (Lipinski definition) is 3. The van der Waals surface area contributed by atoms with Crippen LogP contribution in [0, 0.1) is 0 Å². The third-order valence-electron chi connectivity index (χ3n) is 5.26. The van der Waals surface area contributed by atoms with Crippen LogP contribution in [0.4, 0.5) is 4.79 Å². The lowest BCUT2D eigenvalue weighted by Gasteiger charge is -2.38. The lowest BCUT2D eigenvalue weighted by Crippen LogP contribution is -2.55. The predicted molar refractivity (Wildman–Crippen MR) is 86.8 cm³/mol. The van der Waals surface area contributed by atoms with Crippen LogP contribution in [0.1, 0.15) is 65.7 Å². The Balaban J connectivity index is 1.83. The summed E-state index contributed by atoms with van der Waals surface area (Å²) in [6.07, 6.45) is 7.31. The van der Waals surface area contributed by atoms with E-state index in [4.69, 9.17) is 4.74 Å². The smallest absolute Gasteiger partial charge is 0.318 e. The van der Waals surface area contributed by atoms with Gasteiger partial charge in [0.15, 0.2) is 0 Å². The van der Waals surface area contributed by atoms with Crippen LogP contribution in [0.2, 0.25) is 0 Å². The molecule has 0 aromatic carbocycles. The predicted octanol–water partition coefficient (Wildman–Crippen LogP) is 2.67. The number of nitrogens with one attached hydrogen (secondary N) is 1. The van der Waals surface area contributed by atoms with Crippen molar-refractivity contribution in [2.75, 3.05) is 13.2 Å². The van der Waals surface area contributed by atoms with Crippen molar-refractivity contribution in [2.45, 2.75) is 89.5 Å². The number of carbonyl (C=O) groups is 1. The zero-order chi connectivity index (χ0) is 16.2. The van der Waals surface area contributed by atoms with E-state index in [0.29, 0.717) is 6.10 Å². The average molecular weight is 312 g/mol. The number of ether oxygens (including phenoxy) is 1. The Morgan fingerprint density at radius 2 is 2.05 bits per heavy atom. The summed E-state index contributed by atoms with van der Waals surface area (Å²) in [5.74, 6) is 0. The van der Waals surface area contributed by atoms with Crippen LogP contribution in [0.3, 0.4) is 0 Å². The SMILES string of the molecule is CC[C@@]1(CO)CCCN1C(=O)NC1CCC(OC(C)C)CC1. The van der Waals surface area contributed by atoms with Crippen molar-refractivity contribution in [3.8, 4) is 0 Å². The number of hydrogen-bond donors (Lipinski definition) is 2. The van der Waals surface area contributed by atoms with Gasteiger partial charge in [0.2, 0.25) is 0 Å². The quantitative estimate of drug-likeness (QED) is 0.820. The molecule has 0 aromatic rings. The van der Waals surface area contributed by atoms with E-state index < -0.39 is 0 Å². The number of aliphatic hydroxyl groups excluding tert-OH is 1. The maximum atomic E-state index is 12.6. The van der Waals surface area contributed by atoms with E-state index in [9.17, 15) is 9.90 Å². The van der Waals surface area contributed by atoms with Gasteiger partial charge in [-0.3, -0.25) is 0 Å². The van der Waals surface area contributed by atoms with Gasteiger partial charge in [-0.05, 0) is 58.8 Å². The maximum Gasteiger partial charge on any atom is 0.318 e. The first-order chi connectivity index (χ1) is 10.5. The minimum absolute atomic E-state index is 0.00151. The third-order valence-corrected chi connectivity index (χ3v) is 5.26. The first-order valence-corrected chi connectivity index (χ1v) is 8.85. The van der Waals surface area contributed by atoms with Crippen molar-refractivity contribution in [2.24, 2.45) is 0 Å². The molecule has 5 nitrogen and oxygen atoms in total. The molecule has 5 heteroatoms. The number of aliphatic hydroxyl groups is 1. The van der Waals surface area contributed by atoms with Gasteiger partial charge < -0.3 is 20.1 Å².